The van der Waals surface area contributed by atoms with Crippen LogP contribution >= 0.6 is 15.9 Å². The van der Waals surface area contributed by atoms with Crippen molar-refractivity contribution in [3.05, 3.63) is 51.3 Å². The summed E-state index contributed by atoms with van der Waals surface area (Å²) in [5.41, 5.74) is 5.33. The monoisotopic (exact) mass is 333 g/mol. The van der Waals surface area contributed by atoms with Gasteiger partial charge in [-0.1, -0.05) is 24.3 Å². The van der Waals surface area contributed by atoms with Crippen LogP contribution in [0, 0.1) is 6.92 Å². The summed E-state index contributed by atoms with van der Waals surface area (Å²) in [4.78, 5) is 0. The average Bonchev–Trinajstić information content (AvgIpc) is 2.65. The number of fused-ring (bicyclic) bond motifs is 1. The van der Waals surface area contributed by atoms with Gasteiger partial charge in [-0.05, 0) is 47.4 Å². The van der Waals surface area contributed by atoms with E-state index in [1.165, 1.54) is 23.2 Å². The molecule has 1 aliphatic carbocycles. The van der Waals surface area contributed by atoms with Crippen molar-refractivity contribution in [1.29, 1.82) is 0 Å². The fraction of sp³-hybridized carbons (Fsp3) is 0.438. The zero-order valence-corrected chi connectivity index (χ0v) is 13.7. The maximum absolute atomic E-state index is 4.49. The lowest BCUT2D eigenvalue weighted by molar-refractivity contribution is 0.414. The van der Waals surface area contributed by atoms with Crippen LogP contribution in [0.15, 0.2) is 28.7 Å². The summed E-state index contributed by atoms with van der Waals surface area (Å²) in [5, 5.41) is 7.98. The maximum atomic E-state index is 4.49. The number of halogens is 1. The fourth-order valence-electron chi connectivity index (χ4n) is 3.21. The van der Waals surface area contributed by atoms with Crippen molar-refractivity contribution in [2.24, 2.45) is 7.05 Å². The molecule has 0 radical (unpaired) electrons. The largest absolute Gasteiger partial charge is 0.316 e. The van der Waals surface area contributed by atoms with Crippen LogP contribution < -0.4 is 5.32 Å². The Morgan fingerprint density at radius 1 is 1.45 bits per heavy atom. The first kappa shape index (κ1) is 13.8. The quantitative estimate of drug-likeness (QED) is 0.932. The number of nitrogens with zero attached hydrogens (tertiary/aromatic N) is 2. The first-order valence-corrected chi connectivity index (χ1v) is 7.84. The standard InChI is InChI=1S/C16H20BrN3/c1-10-16(17)15(20(3)19-10)9-14(18-2)13-8-11-6-4-5-7-12(11)13/h4-7,13-14,18H,8-9H2,1-3H3. The molecule has 0 fully saturated rings. The zero-order valence-electron chi connectivity index (χ0n) is 12.2. The van der Waals surface area contributed by atoms with Crippen LogP contribution in [0.25, 0.3) is 0 Å². The van der Waals surface area contributed by atoms with Gasteiger partial charge in [0.25, 0.3) is 0 Å². The van der Waals surface area contributed by atoms with E-state index in [9.17, 15) is 0 Å². The molecular weight excluding hydrogens is 314 g/mol. The van der Waals surface area contributed by atoms with Crippen molar-refractivity contribution < 1.29 is 0 Å². The van der Waals surface area contributed by atoms with E-state index in [4.69, 9.17) is 0 Å². The molecule has 0 spiro atoms. The number of nitrogens with one attached hydrogen (secondary N) is 1. The van der Waals surface area contributed by atoms with Crippen molar-refractivity contribution in [2.75, 3.05) is 7.05 Å². The van der Waals surface area contributed by atoms with Crippen LogP contribution in [0.1, 0.15) is 28.4 Å². The van der Waals surface area contributed by atoms with Crippen molar-refractivity contribution >= 4 is 15.9 Å². The number of benzene rings is 1. The summed E-state index contributed by atoms with van der Waals surface area (Å²) in [7, 11) is 4.08. The Balaban J connectivity index is 1.83. The smallest absolute Gasteiger partial charge is 0.0738 e. The number of rotatable bonds is 4. The van der Waals surface area contributed by atoms with Crippen LogP contribution in [0.4, 0.5) is 0 Å². The van der Waals surface area contributed by atoms with Crippen molar-refractivity contribution in [3.63, 3.8) is 0 Å². The molecule has 2 unspecified atom stereocenters. The summed E-state index contributed by atoms with van der Waals surface area (Å²) in [6.07, 6.45) is 2.17. The second kappa shape index (κ2) is 5.34. The number of hydrogen-bond acceptors (Lipinski definition) is 2. The van der Waals surface area contributed by atoms with Gasteiger partial charge in [0.2, 0.25) is 0 Å². The first-order valence-electron chi connectivity index (χ1n) is 7.05. The highest BCUT2D eigenvalue weighted by atomic mass is 79.9. The Morgan fingerprint density at radius 3 is 2.80 bits per heavy atom. The predicted octanol–water partition coefficient (Wildman–Crippen LogP) is 2.96. The molecular formula is C16H20BrN3. The molecule has 4 heteroatoms. The third kappa shape index (κ3) is 2.21. The van der Waals surface area contributed by atoms with Gasteiger partial charge in [-0.3, -0.25) is 4.68 Å². The molecule has 1 aromatic heterocycles. The molecule has 0 bridgehead atoms. The van der Waals surface area contributed by atoms with Crippen LogP contribution in [-0.2, 0) is 19.9 Å². The molecule has 0 saturated heterocycles. The number of aryl methyl sites for hydroxylation is 2. The molecule has 2 atom stereocenters. The van der Waals surface area contributed by atoms with E-state index in [-0.39, 0.29) is 0 Å². The molecule has 1 N–H and O–H groups in total. The average molecular weight is 334 g/mol. The minimum atomic E-state index is 0.455. The van der Waals surface area contributed by atoms with Gasteiger partial charge in [0.15, 0.2) is 0 Å². The van der Waals surface area contributed by atoms with Crippen LogP contribution in [0.3, 0.4) is 0 Å². The van der Waals surface area contributed by atoms with Crippen molar-refractivity contribution in [3.8, 4) is 0 Å². The molecule has 3 nitrogen and oxygen atoms in total. The van der Waals surface area contributed by atoms with Gasteiger partial charge in [0.05, 0.1) is 15.9 Å². The van der Waals surface area contributed by atoms with E-state index in [1.807, 2.05) is 18.7 Å². The molecule has 0 amide bonds. The second-order valence-electron chi connectivity index (χ2n) is 5.58. The molecule has 0 aliphatic heterocycles. The normalized spacial score (nSPS) is 18.5. The van der Waals surface area contributed by atoms with Gasteiger partial charge >= 0.3 is 0 Å². The molecule has 3 rings (SSSR count). The molecule has 1 heterocycles. The van der Waals surface area contributed by atoms with Crippen LogP contribution in [-0.4, -0.2) is 22.9 Å². The lowest BCUT2D eigenvalue weighted by Crippen LogP contribution is -2.40. The van der Waals surface area contributed by atoms with Crippen LogP contribution in [0.5, 0.6) is 0 Å². The second-order valence-corrected chi connectivity index (χ2v) is 6.37. The molecule has 20 heavy (non-hydrogen) atoms. The van der Waals surface area contributed by atoms with Gasteiger partial charge in [-0.2, -0.15) is 5.10 Å². The maximum Gasteiger partial charge on any atom is 0.0738 e. The molecule has 1 aromatic carbocycles. The SMILES string of the molecule is CNC(Cc1c(Br)c(C)nn1C)C1Cc2ccccc21. The minimum absolute atomic E-state index is 0.455. The lowest BCUT2D eigenvalue weighted by Gasteiger charge is -2.36. The van der Waals surface area contributed by atoms with Crippen LogP contribution in [0.2, 0.25) is 0 Å². The van der Waals surface area contributed by atoms with Gasteiger partial charge in [0.1, 0.15) is 0 Å². The Hall–Kier alpha value is -1.13. The summed E-state index contributed by atoms with van der Waals surface area (Å²) in [6, 6.07) is 9.22. The highest BCUT2D eigenvalue weighted by Gasteiger charge is 2.32. The van der Waals surface area contributed by atoms with E-state index in [2.05, 4.69) is 57.7 Å². The predicted molar refractivity (Wildman–Crippen MR) is 85.1 cm³/mol. The van der Waals surface area contributed by atoms with E-state index in [1.54, 1.807) is 0 Å². The van der Waals surface area contributed by atoms with E-state index in [0.717, 1.165) is 16.6 Å². The highest BCUT2D eigenvalue weighted by Crippen LogP contribution is 2.38. The summed E-state index contributed by atoms with van der Waals surface area (Å²) >= 11 is 3.67. The summed E-state index contributed by atoms with van der Waals surface area (Å²) < 4.78 is 3.14. The van der Waals surface area contributed by atoms with E-state index in [0.29, 0.717) is 12.0 Å². The number of likely N-dealkylation sites (N-methyl/N-ethyl adjacent to an activating group) is 1. The van der Waals surface area contributed by atoms with E-state index >= 15 is 0 Å². The Labute approximate surface area is 128 Å². The third-order valence-corrected chi connectivity index (χ3v) is 5.46. The lowest BCUT2D eigenvalue weighted by atomic mass is 9.72. The Bertz CT molecular complexity index is 633. The Kier molecular flexibility index (Phi) is 3.69. The van der Waals surface area contributed by atoms with Gasteiger partial charge in [-0.15, -0.1) is 0 Å². The number of hydrogen-bond donors (Lipinski definition) is 1. The van der Waals surface area contributed by atoms with Crippen molar-refractivity contribution in [1.82, 2.24) is 15.1 Å². The molecule has 1 aliphatic rings. The third-order valence-electron chi connectivity index (χ3n) is 4.43. The zero-order chi connectivity index (χ0) is 14.3. The topological polar surface area (TPSA) is 29.9 Å². The van der Waals surface area contributed by atoms with Crippen molar-refractivity contribution in [2.45, 2.75) is 31.7 Å². The summed E-state index contributed by atoms with van der Waals surface area (Å²) in [6.45, 7) is 2.04. The molecule has 0 saturated carbocycles. The van der Waals surface area contributed by atoms with Gasteiger partial charge in [0, 0.05) is 25.4 Å². The summed E-state index contributed by atoms with van der Waals surface area (Å²) in [5.74, 6) is 0.610. The van der Waals surface area contributed by atoms with Gasteiger partial charge in [-0.25, -0.2) is 0 Å². The Morgan fingerprint density at radius 2 is 2.20 bits per heavy atom. The fourth-order valence-corrected chi connectivity index (χ4v) is 3.71. The number of aromatic nitrogens is 2. The van der Waals surface area contributed by atoms with Gasteiger partial charge < -0.3 is 5.32 Å². The molecule has 106 valence electrons. The van der Waals surface area contributed by atoms with E-state index < -0.39 is 0 Å². The molecule has 2 aromatic rings. The highest BCUT2D eigenvalue weighted by molar-refractivity contribution is 9.10. The minimum Gasteiger partial charge on any atom is -0.316 e. The first-order chi connectivity index (χ1) is 9.61.